The summed E-state index contributed by atoms with van der Waals surface area (Å²) in [6.45, 7) is 1.68. The van der Waals surface area contributed by atoms with Gasteiger partial charge in [-0.05, 0) is 18.2 Å². The number of ether oxygens (including phenoxy) is 1. The zero-order valence-corrected chi connectivity index (χ0v) is 10.8. The monoisotopic (exact) mass is 293 g/mol. The van der Waals surface area contributed by atoms with Gasteiger partial charge in [0.25, 0.3) is 0 Å². The minimum Gasteiger partial charge on any atom is -0.370 e. The van der Waals surface area contributed by atoms with E-state index >= 15 is 0 Å². The molecule has 0 amide bonds. The summed E-state index contributed by atoms with van der Waals surface area (Å²) in [5, 5.41) is 4.55. The van der Waals surface area contributed by atoms with E-state index in [1.54, 1.807) is 0 Å². The van der Waals surface area contributed by atoms with Crippen molar-refractivity contribution in [2.24, 2.45) is 5.73 Å². The van der Waals surface area contributed by atoms with E-state index in [4.69, 9.17) is 10.5 Å². The molecule has 0 saturated heterocycles. The van der Waals surface area contributed by atoms with E-state index < -0.39 is 0 Å². The largest absolute Gasteiger partial charge is 0.370 e. The maximum absolute atomic E-state index is 5.70. The van der Waals surface area contributed by atoms with Crippen molar-refractivity contribution in [2.75, 3.05) is 0 Å². The standard InChI is InChI=1S/C12H12BrN3O/c13-8-2-1-3-9(4-8)16-12-7-17-6-10(12)11(5-14)15-16/h1-4H,5-7,14H2. The maximum Gasteiger partial charge on any atom is 0.0897 e. The van der Waals surface area contributed by atoms with Gasteiger partial charge in [0, 0.05) is 16.6 Å². The highest BCUT2D eigenvalue weighted by Gasteiger charge is 2.22. The van der Waals surface area contributed by atoms with Crippen LogP contribution in [0.4, 0.5) is 0 Å². The second-order valence-electron chi connectivity index (χ2n) is 3.96. The van der Waals surface area contributed by atoms with Crippen LogP contribution in [0.3, 0.4) is 0 Å². The van der Waals surface area contributed by atoms with E-state index in [0.717, 1.165) is 27.1 Å². The van der Waals surface area contributed by atoms with Crippen LogP contribution in [0.5, 0.6) is 0 Å². The van der Waals surface area contributed by atoms with Crippen molar-refractivity contribution in [2.45, 2.75) is 19.8 Å². The highest BCUT2D eigenvalue weighted by Crippen LogP contribution is 2.26. The van der Waals surface area contributed by atoms with Crippen LogP contribution in [0.25, 0.3) is 5.69 Å². The summed E-state index contributed by atoms with van der Waals surface area (Å²) in [4.78, 5) is 0. The molecule has 1 aromatic heterocycles. The third-order valence-electron chi connectivity index (χ3n) is 2.90. The molecular formula is C12H12BrN3O. The van der Waals surface area contributed by atoms with Crippen LogP contribution < -0.4 is 5.73 Å². The molecule has 17 heavy (non-hydrogen) atoms. The average molecular weight is 294 g/mol. The number of rotatable bonds is 2. The fraction of sp³-hybridized carbons (Fsp3) is 0.250. The Labute approximate surface area is 108 Å². The van der Waals surface area contributed by atoms with Gasteiger partial charge in [-0.15, -0.1) is 0 Å². The first kappa shape index (κ1) is 11.0. The van der Waals surface area contributed by atoms with E-state index in [0.29, 0.717) is 19.8 Å². The van der Waals surface area contributed by atoms with Crippen molar-refractivity contribution >= 4 is 15.9 Å². The summed E-state index contributed by atoms with van der Waals surface area (Å²) in [6.07, 6.45) is 0. The third kappa shape index (κ3) is 1.80. The van der Waals surface area contributed by atoms with E-state index in [2.05, 4.69) is 21.0 Å². The van der Waals surface area contributed by atoms with Gasteiger partial charge in [-0.3, -0.25) is 0 Å². The van der Waals surface area contributed by atoms with Crippen molar-refractivity contribution in [3.63, 3.8) is 0 Å². The second-order valence-corrected chi connectivity index (χ2v) is 4.88. The Morgan fingerprint density at radius 1 is 1.41 bits per heavy atom. The minimum absolute atomic E-state index is 0.451. The highest BCUT2D eigenvalue weighted by atomic mass is 79.9. The SMILES string of the molecule is NCc1nn(-c2cccc(Br)c2)c2c1COC2. The predicted octanol–water partition coefficient (Wildman–Crippen LogP) is 2.12. The molecular weight excluding hydrogens is 282 g/mol. The minimum atomic E-state index is 0.451. The molecule has 0 unspecified atom stereocenters. The fourth-order valence-electron chi connectivity index (χ4n) is 2.09. The lowest BCUT2D eigenvalue weighted by molar-refractivity contribution is 0.130. The number of halogens is 1. The van der Waals surface area contributed by atoms with Gasteiger partial charge in [-0.2, -0.15) is 5.10 Å². The zero-order valence-electron chi connectivity index (χ0n) is 9.19. The van der Waals surface area contributed by atoms with Crippen molar-refractivity contribution in [1.82, 2.24) is 9.78 Å². The van der Waals surface area contributed by atoms with Crippen molar-refractivity contribution in [3.8, 4) is 5.69 Å². The third-order valence-corrected chi connectivity index (χ3v) is 3.40. The molecule has 0 fully saturated rings. The Balaban J connectivity index is 2.15. The number of aromatic nitrogens is 2. The van der Waals surface area contributed by atoms with Crippen molar-refractivity contribution < 1.29 is 4.74 Å². The summed E-state index contributed by atoms with van der Waals surface area (Å²) in [5.41, 5.74) is 9.92. The summed E-state index contributed by atoms with van der Waals surface area (Å²) >= 11 is 3.47. The summed E-state index contributed by atoms with van der Waals surface area (Å²) in [5.74, 6) is 0. The van der Waals surface area contributed by atoms with Gasteiger partial charge in [-0.1, -0.05) is 22.0 Å². The van der Waals surface area contributed by atoms with E-state index in [1.807, 2.05) is 28.9 Å². The van der Waals surface area contributed by atoms with Crippen LogP contribution in [0.1, 0.15) is 17.0 Å². The molecule has 0 bridgehead atoms. The van der Waals surface area contributed by atoms with Crippen molar-refractivity contribution in [1.29, 1.82) is 0 Å². The van der Waals surface area contributed by atoms with Gasteiger partial charge in [-0.25, -0.2) is 4.68 Å². The topological polar surface area (TPSA) is 53.1 Å². The Morgan fingerprint density at radius 3 is 3.06 bits per heavy atom. The molecule has 2 heterocycles. The first-order valence-electron chi connectivity index (χ1n) is 5.43. The first-order chi connectivity index (χ1) is 8.29. The lowest BCUT2D eigenvalue weighted by atomic mass is 10.2. The quantitative estimate of drug-likeness (QED) is 0.923. The molecule has 0 aliphatic carbocycles. The number of hydrogen-bond acceptors (Lipinski definition) is 3. The van der Waals surface area contributed by atoms with Crippen LogP contribution >= 0.6 is 15.9 Å². The number of nitrogens with two attached hydrogens (primary N) is 1. The molecule has 2 aromatic rings. The Morgan fingerprint density at radius 2 is 2.29 bits per heavy atom. The highest BCUT2D eigenvalue weighted by molar-refractivity contribution is 9.10. The van der Waals surface area contributed by atoms with Gasteiger partial charge in [0.15, 0.2) is 0 Å². The Hall–Kier alpha value is -1.17. The van der Waals surface area contributed by atoms with Gasteiger partial charge < -0.3 is 10.5 Å². The number of fused-ring (bicyclic) bond motifs is 1. The molecule has 0 atom stereocenters. The molecule has 3 rings (SSSR count). The van der Waals surface area contributed by atoms with Crippen LogP contribution in [-0.2, 0) is 24.5 Å². The van der Waals surface area contributed by atoms with Crippen LogP contribution in [-0.4, -0.2) is 9.78 Å². The lowest BCUT2D eigenvalue weighted by Gasteiger charge is -2.05. The van der Waals surface area contributed by atoms with Crippen LogP contribution in [0, 0.1) is 0 Å². The van der Waals surface area contributed by atoms with E-state index in [1.165, 1.54) is 0 Å². The number of nitrogens with zero attached hydrogens (tertiary/aromatic N) is 2. The van der Waals surface area contributed by atoms with Gasteiger partial charge in [0.05, 0.1) is 30.3 Å². The molecule has 1 aliphatic rings. The second kappa shape index (κ2) is 4.25. The molecule has 0 radical (unpaired) electrons. The fourth-order valence-corrected chi connectivity index (χ4v) is 2.47. The molecule has 1 aliphatic heterocycles. The van der Waals surface area contributed by atoms with Crippen LogP contribution in [0.2, 0.25) is 0 Å². The van der Waals surface area contributed by atoms with Gasteiger partial charge in [0.2, 0.25) is 0 Å². The van der Waals surface area contributed by atoms with E-state index in [-0.39, 0.29) is 0 Å². The molecule has 5 heteroatoms. The Bertz CT molecular complexity index is 565. The van der Waals surface area contributed by atoms with Gasteiger partial charge in [0.1, 0.15) is 0 Å². The number of benzene rings is 1. The molecule has 88 valence electrons. The molecule has 2 N–H and O–H groups in total. The normalized spacial score (nSPS) is 14.0. The van der Waals surface area contributed by atoms with Gasteiger partial charge >= 0.3 is 0 Å². The van der Waals surface area contributed by atoms with Crippen LogP contribution in [0.15, 0.2) is 28.7 Å². The van der Waals surface area contributed by atoms with Crippen molar-refractivity contribution in [3.05, 3.63) is 45.7 Å². The first-order valence-corrected chi connectivity index (χ1v) is 6.22. The lowest BCUT2D eigenvalue weighted by Crippen LogP contribution is -2.04. The average Bonchev–Trinajstić information content (AvgIpc) is 2.89. The zero-order chi connectivity index (χ0) is 11.8. The molecule has 4 nitrogen and oxygen atoms in total. The van der Waals surface area contributed by atoms with E-state index in [9.17, 15) is 0 Å². The molecule has 0 spiro atoms. The molecule has 0 saturated carbocycles. The smallest absolute Gasteiger partial charge is 0.0897 e. The summed E-state index contributed by atoms with van der Waals surface area (Å²) < 4.78 is 8.42. The summed E-state index contributed by atoms with van der Waals surface area (Å²) in [6, 6.07) is 8.04. The summed E-state index contributed by atoms with van der Waals surface area (Å²) in [7, 11) is 0. The predicted molar refractivity (Wildman–Crippen MR) is 67.6 cm³/mol. The number of hydrogen-bond donors (Lipinski definition) is 1. The maximum atomic E-state index is 5.70. The Kier molecular flexibility index (Phi) is 2.74. The molecule has 1 aromatic carbocycles.